The van der Waals surface area contributed by atoms with Crippen LogP contribution >= 0.6 is 0 Å². The van der Waals surface area contributed by atoms with E-state index in [1.165, 1.54) is 0 Å². The fourth-order valence-electron chi connectivity index (χ4n) is 1.69. The summed E-state index contributed by atoms with van der Waals surface area (Å²) in [6.45, 7) is 5.41. The molecule has 0 aromatic carbocycles. The quantitative estimate of drug-likeness (QED) is 0.842. The van der Waals surface area contributed by atoms with Gasteiger partial charge in [0.2, 0.25) is 0 Å². The van der Waals surface area contributed by atoms with Crippen LogP contribution in [0, 0.1) is 13.8 Å². The fourth-order valence-corrected chi connectivity index (χ4v) is 1.69. The van der Waals surface area contributed by atoms with E-state index in [-0.39, 0.29) is 0 Å². The summed E-state index contributed by atoms with van der Waals surface area (Å²) in [7, 11) is 1.90. The lowest BCUT2D eigenvalue weighted by atomic mass is 10.2. The molecule has 0 bridgehead atoms. The molecule has 0 amide bonds. The van der Waals surface area contributed by atoms with Gasteiger partial charge >= 0.3 is 0 Å². The molecule has 2 heterocycles. The van der Waals surface area contributed by atoms with E-state index in [2.05, 4.69) is 20.0 Å². The predicted octanol–water partition coefficient (Wildman–Crippen LogP) is 1.26. The highest BCUT2D eigenvalue weighted by molar-refractivity contribution is 5.22. The third-order valence-corrected chi connectivity index (χ3v) is 2.66. The molecule has 0 atom stereocenters. The van der Waals surface area contributed by atoms with Crippen LogP contribution in [0.1, 0.15) is 22.8 Å². The molecule has 0 spiro atoms. The van der Waals surface area contributed by atoms with E-state index in [0.29, 0.717) is 0 Å². The van der Waals surface area contributed by atoms with Gasteiger partial charge in [-0.05, 0) is 20.9 Å². The molecule has 0 aliphatic heterocycles. The minimum Gasteiger partial charge on any atom is -0.361 e. The van der Waals surface area contributed by atoms with Crippen LogP contribution in [-0.2, 0) is 13.1 Å². The third kappa shape index (κ3) is 1.99. The Hall–Kier alpha value is -1.62. The van der Waals surface area contributed by atoms with E-state index in [1.807, 2.05) is 27.1 Å². The molecule has 0 radical (unpaired) electrons. The van der Waals surface area contributed by atoms with E-state index in [4.69, 9.17) is 4.52 Å². The van der Waals surface area contributed by atoms with Crippen molar-refractivity contribution in [3.63, 3.8) is 0 Å². The van der Waals surface area contributed by atoms with Crippen molar-refractivity contribution in [2.75, 3.05) is 7.05 Å². The second kappa shape index (κ2) is 4.49. The lowest BCUT2D eigenvalue weighted by Gasteiger charge is -2.05. The average Bonchev–Trinajstić information content (AvgIpc) is 2.80. The van der Waals surface area contributed by atoms with Crippen LogP contribution in [0.15, 0.2) is 16.9 Å². The highest BCUT2D eigenvalue weighted by Crippen LogP contribution is 2.15. The summed E-state index contributed by atoms with van der Waals surface area (Å²) < 4.78 is 7.30. The van der Waals surface area contributed by atoms with Crippen molar-refractivity contribution in [2.24, 2.45) is 0 Å². The van der Waals surface area contributed by atoms with Crippen LogP contribution in [0.2, 0.25) is 0 Å². The minimum absolute atomic E-state index is 0.723. The van der Waals surface area contributed by atoms with Gasteiger partial charge in [-0.15, -0.1) is 0 Å². The van der Waals surface area contributed by atoms with Crippen molar-refractivity contribution >= 4 is 0 Å². The van der Waals surface area contributed by atoms with E-state index in [1.54, 1.807) is 6.20 Å². The van der Waals surface area contributed by atoms with Crippen molar-refractivity contribution in [2.45, 2.75) is 26.9 Å². The monoisotopic (exact) mass is 220 g/mol. The second-order valence-corrected chi connectivity index (χ2v) is 3.80. The van der Waals surface area contributed by atoms with Gasteiger partial charge in [-0.3, -0.25) is 0 Å². The normalized spacial score (nSPS) is 10.9. The third-order valence-electron chi connectivity index (χ3n) is 2.66. The Morgan fingerprint density at radius 2 is 2.25 bits per heavy atom. The minimum atomic E-state index is 0.723. The number of nitrogens with one attached hydrogen (secondary N) is 1. The lowest BCUT2D eigenvalue weighted by Crippen LogP contribution is -2.10. The van der Waals surface area contributed by atoms with Crippen LogP contribution in [-0.4, -0.2) is 21.8 Å². The molecule has 2 aromatic heterocycles. The first kappa shape index (κ1) is 10.9. The standard InChI is InChI=1S/C11H16N4O/c1-8-10(11(6-12-3)14-16-8)7-15-5-4-13-9(15)2/h4-5,12H,6-7H2,1-3H3. The highest BCUT2D eigenvalue weighted by Gasteiger charge is 2.13. The fraction of sp³-hybridized carbons (Fsp3) is 0.455. The summed E-state index contributed by atoms with van der Waals surface area (Å²) in [5, 5.41) is 7.13. The smallest absolute Gasteiger partial charge is 0.138 e. The van der Waals surface area contributed by atoms with Crippen molar-refractivity contribution in [3.8, 4) is 0 Å². The summed E-state index contributed by atoms with van der Waals surface area (Å²) in [6, 6.07) is 0. The van der Waals surface area contributed by atoms with Crippen molar-refractivity contribution in [1.29, 1.82) is 0 Å². The first-order valence-corrected chi connectivity index (χ1v) is 5.28. The van der Waals surface area contributed by atoms with Gasteiger partial charge in [-0.1, -0.05) is 5.16 Å². The average molecular weight is 220 g/mol. The zero-order valence-corrected chi connectivity index (χ0v) is 9.82. The van der Waals surface area contributed by atoms with Gasteiger partial charge in [0.25, 0.3) is 0 Å². The van der Waals surface area contributed by atoms with E-state index < -0.39 is 0 Å². The van der Waals surface area contributed by atoms with Gasteiger partial charge in [0.05, 0.1) is 6.54 Å². The molecule has 0 saturated heterocycles. The van der Waals surface area contributed by atoms with Crippen molar-refractivity contribution in [3.05, 3.63) is 35.2 Å². The molecule has 0 aliphatic carbocycles. The predicted molar refractivity (Wildman–Crippen MR) is 60.1 cm³/mol. The number of hydrogen-bond donors (Lipinski definition) is 1. The molecule has 2 rings (SSSR count). The Morgan fingerprint density at radius 1 is 1.44 bits per heavy atom. The molecule has 0 aliphatic rings. The molecule has 0 saturated carbocycles. The first-order valence-electron chi connectivity index (χ1n) is 5.28. The second-order valence-electron chi connectivity index (χ2n) is 3.80. The Labute approximate surface area is 94.5 Å². The van der Waals surface area contributed by atoms with Crippen LogP contribution < -0.4 is 5.32 Å². The SMILES string of the molecule is CNCc1noc(C)c1Cn1ccnc1C. The number of rotatable bonds is 4. The summed E-state index contributed by atoms with van der Waals surface area (Å²) in [5.74, 6) is 1.87. The maximum Gasteiger partial charge on any atom is 0.138 e. The van der Waals surface area contributed by atoms with Crippen LogP contribution in [0.25, 0.3) is 0 Å². The van der Waals surface area contributed by atoms with Gasteiger partial charge < -0.3 is 14.4 Å². The largest absolute Gasteiger partial charge is 0.361 e. The molecular formula is C11H16N4O. The molecule has 86 valence electrons. The number of nitrogens with zero attached hydrogens (tertiary/aromatic N) is 3. The topological polar surface area (TPSA) is 55.9 Å². The first-order chi connectivity index (χ1) is 7.72. The Bertz CT molecular complexity index is 472. The molecule has 5 heteroatoms. The van der Waals surface area contributed by atoms with Gasteiger partial charge in [0.1, 0.15) is 17.3 Å². The molecule has 5 nitrogen and oxygen atoms in total. The maximum absolute atomic E-state index is 5.21. The van der Waals surface area contributed by atoms with Crippen molar-refractivity contribution < 1.29 is 4.52 Å². The molecule has 2 aromatic rings. The van der Waals surface area contributed by atoms with E-state index in [0.717, 1.165) is 35.9 Å². The summed E-state index contributed by atoms with van der Waals surface area (Å²) in [4.78, 5) is 4.20. The van der Waals surface area contributed by atoms with E-state index >= 15 is 0 Å². The molecule has 0 unspecified atom stereocenters. The van der Waals surface area contributed by atoms with Crippen LogP contribution in [0.5, 0.6) is 0 Å². The van der Waals surface area contributed by atoms with Crippen LogP contribution in [0.4, 0.5) is 0 Å². The molecule has 16 heavy (non-hydrogen) atoms. The molecule has 0 fully saturated rings. The molecule has 1 N–H and O–H groups in total. The number of aryl methyl sites for hydroxylation is 2. The summed E-state index contributed by atoms with van der Waals surface area (Å²) in [6.07, 6.45) is 3.76. The number of hydrogen-bond acceptors (Lipinski definition) is 4. The Morgan fingerprint density at radius 3 is 2.88 bits per heavy atom. The maximum atomic E-state index is 5.21. The van der Waals surface area contributed by atoms with E-state index in [9.17, 15) is 0 Å². The number of imidazole rings is 1. The van der Waals surface area contributed by atoms with Crippen LogP contribution in [0.3, 0.4) is 0 Å². The zero-order chi connectivity index (χ0) is 11.5. The van der Waals surface area contributed by atoms with Gasteiger partial charge in [-0.2, -0.15) is 0 Å². The number of aromatic nitrogens is 3. The van der Waals surface area contributed by atoms with Gasteiger partial charge in [-0.25, -0.2) is 4.98 Å². The zero-order valence-electron chi connectivity index (χ0n) is 9.82. The lowest BCUT2D eigenvalue weighted by molar-refractivity contribution is 0.388. The molecular weight excluding hydrogens is 204 g/mol. The van der Waals surface area contributed by atoms with Gasteiger partial charge in [0, 0.05) is 24.5 Å². The van der Waals surface area contributed by atoms with Gasteiger partial charge in [0.15, 0.2) is 0 Å². The Kier molecular flexibility index (Phi) is 3.05. The summed E-state index contributed by atoms with van der Waals surface area (Å²) in [5.41, 5.74) is 2.10. The van der Waals surface area contributed by atoms with Crippen molar-refractivity contribution in [1.82, 2.24) is 20.0 Å². The summed E-state index contributed by atoms with van der Waals surface area (Å²) >= 11 is 0. The highest BCUT2D eigenvalue weighted by atomic mass is 16.5. The Balaban J connectivity index is 2.26.